The Hall–Kier alpha value is -2.57. The smallest absolute Gasteiger partial charge is 0.308 e. The highest BCUT2D eigenvalue weighted by atomic mass is 16.4. The predicted molar refractivity (Wildman–Crippen MR) is 73.1 cm³/mol. The van der Waals surface area contributed by atoms with Crippen LogP contribution in [0.25, 0.3) is 11.4 Å². The van der Waals surface area contributed by atoms with Crippen molar-refractivity contribution in [1.82, 2.24) is 19.9 Å². The van der Waals surface area contributed by atoms with Gasteiger partial charge >= 0.3 is 5.97 Å². The first kappa shape index (κ1) is 13.9. The highest BCUT2D eigenvalue weighted by Crippen LogP contribution is 2.15. The third kappa shape index (κ3) is 3.25. The molecule has 0 aliphatic rings. The predicted octanol–water partition coefficient (Wildman–Crippen LogP) is 1.09. The largest absolute Gasteiger partial charge is 0.481 e. The van der Waals surface area contributed by atoms with Gasteiger partial charge in [0.05, 0.1) is 17.8 Å². The molecule has 0 saturated carbocycles. The third-order valence-electron chi connectivity index (χ3n) is 2.78. The van der Waals surface area contributed by atoms with Gasteiger partial charge in [-0.3, -0.25) is 14.8 Å². The highest BCUT2D eigenvalue weighted by molar-refractivity contribution is 5.70. The first-order chi connectivity index (χ1) is 9.58. The normalized spacial score (nSPS) is 11.9. The molecule has 0 spiro atoms. The molecule has 2 aromatic rings. The minimum atomic E-state index is -0.845. The van der Waals surface area contributed by atoms with E-state index in [9.17, 15) is 4.79 Å². The summed E-state index contributed by atoms with van der Waals surface area (Å²) in [5.41, 5.74) is 1.30. The first-order valence-corrected chi connectivity index (χ1v) is 6.11. The van der Waals surface area contributed by atoms with Crippen LogP contribution in [0.4, 0.5) is 5.95 Å². The van der Waals surface area contributed by atoms with Crippen LogP contribution in [0.5, 0.6) is 0 Å². The zero-order valence-electron chi connectivity index (χ0n) is 11.3. The van der Waals surface area contributed by atoms with Gasteiger partial charge in [0, 0.05) is 32.2 Å². The van der Waals surface area contributed by atoms with E-state index < -0.39 is 11.9 Å². The number of carboxylic acids is 1. The fourth-order valence-corrected chi connectivity index (χ4v) is 1.68. The van der Waals surface area contributed by atoms with Crippen LogP contribution in [0.2, 0.25) is 0 Å². The lowest BCUT2D eigenvalue weighted by molar-refractivity contribution is -0.140. The molecule has 7 nitrogen and oxygen atoms in total. The summed E-state index contributed by atoms with van der Waals surface area (Å²) in [5, 5.41) is 8.92. The molecule has 7 heteroatoms. The van der Waals surface area contributed by atoms with Gasteiger partial charge in [-0.05, 0) is 6.07 Å². The zero-order chi connectivity index (χ0) is 14.5. The van der Waals surface area contributed by atoms with Crippen LogP contribution in [0.15, 0.2) is 30.9 Å². The molecule has 2 aromatic heterocycles. The maximum atomic E-state index is 10.9. The molecule has 1 atom stereocenters. The molecule has 0 radical (unpaired) electrons. The van der Waals surface area contributed by atoms with Crippen LogP contribution in [-0.4, -0.2) is 44.6 Å². The van der Waals surface area contributed by atoms with Gasteiger partial charge in [0.25, 0.3) is 0 Å². The fourth-order valence-electron chi connectivity index (χ4n) is 1.68. The summed E-state index contributed by atoms with van der Waals surface area (Å²) in [5.74, 6) is -0.882. The van der Waals surface area contributed by atoms with Crippen molar-refractivity contribution in [2.45, 2.75) is 6.92 Å². The molecule has 0 bridgehead atoms. The average molecular weight is 273 g/mol. The summed E-state index contributed by atoms with van der Waals surface area (Å²) in [6.07, 6.45) is 6.42. The second-order valence-electron chi connectivity index (χ2n) is 4.45. The van der Waals surface area contributed by atoms with Crippen LogP contribution in [-0.2, 0) is 4.79 Å². The minimum absolute atomic E-state index is 0.333. The average Bonchev–Trinajstić information content (AvgIpc) is 2.48. The van der Waals surface area contributed by atoms with Crippen molar-refractivity contribution in [2.24, 2.45) is 5.92 Å². The van der Waals surface area contributed by atoms with Gasteiger partial charge in [0.15, 0.2) is 0 Å². The van der Waals surface area contributed by atoms with E-state index in [4.69, 9.17) is 5.11 Å². The lowest BCUT2D eigenvalue weighted by atomic mass is 10.2. The summed E-state index contributed by atoms with van der Waals surface area (Å²) in [4.78, 5) is 29.3. The van der Waals surface area contributed by atoms with Gasteiger partial charge in [-0.15, -0.1) is 0 Å². The van der Waals surface area contributed by atoms with E-state index in [-0.39, 0.29) is 0 Å². The molecule has 1 unspecified atom stereocenters. The Morgan fingerprint density at radius 2 is 2.10 bits per heavy atom. The maximum Gasteiger partial charge on any atom is 0.308 e. The number of rotatable bonds is 5. The Kier molecular flexibility index (Phi) is 4.19. The molecular formula is C13H15N5O2. The summed E-state index contributed by atoms with van der Waals surface area (Å²) in [6.45, 7) is 1.98. The maximum absolute atomic E-state index is 10.9. The summed E-state index contributed by atoms with van der Waals surface area (Å²) >= 11 is 0. The van der Waals surface area contributed by atoms with Crippen molar-refractivity contribution in [3.05, 3.63) is 30.9 Å². The molecule has 0 fully saturated rings. The Labute approximate surface area is 116 Å². The molecule has 104 valence electrons. The number of anilines is 1. The Morgan fingerprint density at radius 3 is 2.75 bits per heavy atom. The molecule has 2 heterocycles. The second kappa shape index (κ2) is 6.05. The van der Waals surface area contributed by atoms with Gasteiger partial charge < -0.3 is 10.0 Å². The van der Waals surface area contributed by atoms with Crippen LogP contribution >= 0.6 is 0 Å². The third-order valence-corrected chi connectivity index (χ3v) is 2.78. The van der Waals surface area contributed by atoms with Crippen molar-refractivity contribution in [1.29, 1.82) is 0 Å². The number of nitrogens with zero attached hydrogens (tertiary/aromatic N) is 5. The number of carboxylic acid groups (broad SMARTS) is 1. The van der Waals surface area contributed by atoms with E-state index in [1.165, 1.54) is 0 Å². The molecular weight excluding hydrogens is 258 g/mol. The molecule has 20 heavy (non-hydrogen) atoms. The summed E-state index contributed by atoms with van der Waals surface area (Å²) in [6, 6.07) is 1.74. The van der Waals surface area contributed by atoms with Crippen LogP contribution in [0, 0.1) is 5.92 Å². The number of hydrogen-bond acceptors (Lipinski definition) is 6. The van der Waals surface area contributed by atoms with Gasteiger partial charge in [-0.2, -0.15) is 0 Å². The number of aromatic nitrogens is 4. The molecule has 0 saturated heterocycles. The number of hydrogen-bond donors (Lipinski definition) is 1. The van der Waals surface area contributed by atoms with E-state index in [1.54, 1.807) is 49.7 Å². The fraction of sp³-hybridized carbons (Fsp3) is 0.308. The van der Waals surface area contributed by atoms with Crippen LogP contribution < -0.4 is 4.90 Å². The lowest BCUT2D eigenvalue weighted by Crippen LogP contribution is -2.29. The quantitative estimate of drug-likeness (QED) is 0.871. The molecule has 1 N–H and O–H groups in total. The topological polar surface area (TPSA) is 92.1 Å². The number of carbonyl (C=O) groups is 1. The van der Waals surface area contributed by atoms with E-state index >= 15 is 0 Å². The van der Waals surface area contributed by atoms with Crippen molar-refractivity contribution in [3.63, 3.8) is 0 Å². The van der Waals surface area contributed by atoms with Crippen molar-refractivity contribution in [2.75, 3.05) is 18.5 Å². The van der Waals surface area contributed by atoms with E-state index in [2.05, 4.69) is 19.9 Å². The van der Waals surface area contributed by atoms with Gasteiger partial charge in [-0.1, -0.05) is 6.92 Å². The molecule has 0 aromatic carbocycles. The Morgan fingerprint density at radius 1 is 1.30 bits per heavy atom. The van der Waals surface area contributed by atoms with Crippen molar-refractivity contribution < 1.29 is 9.90 Å². The van der Waals surface area contributed by atoms with Crippen molar-refractivity contribution >= 4 is 11.9 Å². The summed E-state index contributed by atoms with van der Waals surface area (Å²) < 4.78 is 0. The van der Waals surface area contributed by atoms with E-state index in [0.717, 1.165) is 0 Å². The minimum Gasteiger partial charge on any atom is -0.481 e. The first-order valence-electron chi connectivity index (χ1n) is 6.11. The molecule has 0 aliphatic heterocycles. The summed E-state index contributed by atoms with van der Waals surface area (Å²) in [7, 11) is 1.76. The van der Waals surface area contributed by atoms with Crippen LogP contribution in [0.1, 0.15) is 6.92 Å². The second-order valence-corrected chi connectivity index (χ2v) is 4.45. The SMILES string of the molecule is CC(CN(C)c1nccc(-c2cnccn2)n1)C(=O)O. The Bertz CT molecular complexity index is 590. The van der Waals surface area contributed by atoms with Gasteiger partial charge in [0.2, 0.25) is 5.95 Å². The molecule has 2 rings (SSSR count). The van der Waals surface area contributed by atoms with Crippen molar-refractivity contribution in [3.8, 4) is 11.4 Å². The lowest BCUT2D eigenvalue weighted by Gasteiger charge is -2.19. The van der Waals surface area contributed by atoms with Gasteiger partial charge in [0.1, 0.15) is 5.69 Å². The molecule has 0 amide bonds. The standard InChI is InChI=1S/C13H15N5O2/c1-9(12(19)20)8-18(2)13-16-4-3-10(17-13)11-7-14-5-6-15-11/h3-7,9H,8H2,1-2H3,(H,19,20). The zero-order valence-corrected chi connectivity index (χ0v) is 11.3. The monoisotopic (exact) mass is 273 g/mol. The Balaban J connectivity index is 2.20. The highest BCUT2D eigenvalue weighted by Gasteiger charge is 2.16. The number of aliphatic carboxylic acids is 1. The van der Waals surface area contributed by atoms with Crippen LogP contribution in [0.3, 0.4) is 0 Å². The van der Waals surface area contributed by atoms with Gasteiger partial charge in [-0.25, -0.2) is 9.97 Å². The molecule has 0 aliphatic carbocycles. The van der Waals surface area contributed by atoms with E-state index in [0.29, 0.717) is 23.9 Å². The van der Waals surface area contributed by atoms with E-state index in [1.807, 2.05) is 0 Å².